The molecule has 0 amide bonds. The fourth-order valence-corrected chi connectivity index (χ4v) is 3.47. The number of hydrogen-bond donors (Lipinski definition) is 0. The summed E-state index contributed by atoms with van der Waals surface area (Å²) in [6.07, 6.45) is 2.51. The molecule has 0 N–H and O–H groups in total. The highest BCUT2D eigenvalue weighted by Crippen LogP contribution is 2.24. The van der Waals surface area contributed by atoms with Crippen LogP contribution in [0.3, 0.4) is 0 Å². The van der Waals surface area contributed by atoms with E-state index in [1.165, 1.54) is 0 Å². The van der Waals surface area contributed by atoms with Crippen molar-refractivity contribution in [3.63, 3.8) is 0 Å². The van der Waals surface area contributed by atoms with Gasteiger partial charge >= 0.3 is 0 Å². The van der Waals surface area contributed by atoms with E-state index in [0.29, 0.717) is 26.2 Å². The molecule has 0 radical (unpaired) electrons. The molecule has 1 heterocycles. The standard InChI is InChI=1S/C24H30O4/c1-2-3-14-21-15-22(25)24(27-17-20-12-8-5-9-13-20)23(28-21)18-26-16-19-10-6-4-7-11-19/h4-13,21,23-24H,2-3,14-18H2,1H3/t21-,23-,24-/m1/s1. The van der Waals surface area contributed by atoms with Gasteiger partial charge in [-0.05, 0) is 17.5 Å². The molecule has 0 saturated carbocycles. The first-order valence-corrected chi connectivity index (χ1v) is 10.2. The van der Waals surface area contributed by atoms with Gasteiger partial charge in [0.2, 0.25) is 0 Å². The minimum Gasteiger partial charge on any atom is -0.374 e. The van der Waals surface area contributed by atoms with Crippen LogP contribution in [0, 0.1) is 0 Å². The van der Waals surface area contributed by atoms with E-state index < -0.39 is 6.10 Å². The molecular formula is C24H30O4. The van der Waals surface area contributed by atoms with Gasteiger partial charge in [-0.2, -0.15) is 0 Å². The second-order valence-corrected chi connectivity index (χ2v) is 7.33. The van der Waals surface area contributed by atoms with Crippen molar-refractivity contribution in [1.82, 2.24) is 0 Å². The number of hydrogen-bond acceptors (Lipinski definition) is 4. The smallest absolute Gasteiger partial charge is 0.166 e. The van der Waals surface area contributed by atoms with Gasteiger partial charge in [-0.15, -0.1) is 0 Å². The summed E-state index contributed by atoms with van der Waals surface area (Å²) in [5.41, 5.74) is 2.15. The van der Waals surface area contributed by atoms with E-state index in [2.05, 4.69) is 6.92 Å². The predicted molar refractivity (Wildman–Crippen MR) is 109 cm³/mol. The zero-order chi connectivity index (χ0) is 19.6. The Morgan fingerprint density at radius 3 is 2.25 bits per heavy atom. The van der Waals surface area contributed by atoms with Crippen molar-refractivity contribution < 1.29 is 19.0 Å². The molecule has 2 aromatic rings. The van der Waals surface area contributed by atoms with Gasteiger partial charge in [-0.3, -0.25) is 4.79 Å². The van der Waals surface area contributed by atoms with E-state index in [1.54, 1.807) is 0 Å². The number of carbonyl (C=O) groups excluding carboxylic acids is 1. The summed E-state index contributed by atoms with van der Waals surface area (Å²) in [5.74, 6) is 0.122. The van der Waals surface area contributed by atoms with E-state index in [9.17, 15) is 4.79 Å². The number of benzene rings is 2. The fourth-order valence-electron chi connectivity index (χ4n) is 3.47. The zero-order valence-electron chi connectivity index (χ0n) is 16.6. The molecule has 1 aliphatic heterocycles. The summed E-state index contributed by atoms with van der Waals surface area (Å²) in [7, 11) is 0. The monoisotopic (exact) mass is 382 g/mol. The normalized spacial score (nSPS) is 22.3. The highest BCUT2D eigenvalue weighted by atomic mass is 16.6. The van der Waals surface area contributed by atoms with Gasteiger partial charge in [-0.25, -0.2) is 0 Å². The third-order valence-corrected chi connectivity index (χ3v) is 5.00. The van der Waals surface area contributed by atoms with Crippen LogP contribution < -0.4 is 0 Å². The molecule has 0 bridgehead atoms. The average Bonchev–Trinajstić information content (AvgIpc) is 2.73. The molecular weight excluding hydrogens is 352 g/mol. The van der Waals surface area contributed by atoms with Crippen molar-refractivity contribution in [2.75, 3.05) is 6.61 Å². The van der Waals surface area contributed by atoms with Crippen molar-refractivity contribution in [3.8, 4) is 0 Å². The number of ketones is 1. The maximum absolute atomic E-state index is 12.8. The molecule has 0 aromatic heterocycles. The van der Waals surface area contributed by atoms with Crippen molar-refractivity contribution in [2.45, 2.75) is 64.1 Å². The van der Waals surface area contributed by atoms with Gasteiger partial charge in [0, 0.05) is 6.42 Å². The minimum absolute atomic E-state index is 0.0330. The molecule has 3 atom stereocenters. The van der Waals surface area contributed by atoms with Crippen LogP contribution >= 0.6 is 0 Å². The Kier molecular flexibility index (Phi) is 8.22. The van der Waals surface area contributed by atoms with Crippen LogP contribution in [0.25, 0.3) is 0 Å². The molecule has 1 saturated heterocycles. The van der Waals surface area contributed by atoms with E-state index >= 15 is 0 Å². The Bertz CT molecular complexity index is 701. The van der Waals surface area contributed by atoms with Crippen LogP contribution in [0.5, 0.6) is 0 Å². The first-order valence-electron chi connectivity index (χ1n) is 10.2. The van der Waals surface area contributed by atoms with Crippen molar-refractivity contribution >= 4 is 5.78 Å². The van der Waals surface area contributed by atoms with Crippen LogP contribution in [0.15, 0.2) is 60.7 Å². The quantitative estimate of drug-likeness (QED) is 0.597. The second kappa shape index (κ2) is 11.1. The first-order chi connectivity index (χ1) is 13.8. The Hall–Kier alpha value is -2.01. The van der Waals surface area contributed by atoms with Crippen LogP contribution in [0.2, 0.25) is 0 Å². The molecule has 1 fully saturated rings. The molecule has 2 aromatic carbocycles. The van der Waals surface area contributed by atoms with Crippen LogP contribution in [-0.2, 0) is 32.2 Å². The molecule has 4 nitrogen and oxygen atoms in total. The highest BCUT2D eigenvalue weighted by Gasteiger charge is 2.38. The Balaban J connectivity index is 1.59. The minimum atomic E-state index is -0.575. The molecule has 0 unspecified atom stereocenters. The summed E-state index contributed by atoms with van der Waals surface area (Å²) < 4.78 is 18.1. The SMILES string of the molecule is CCCC[C@@H]1CC(=O)[C@@H](OCc2ccccc2)[C@@H](COCc2ccccc2)O1. The van der Waals surface area contributed by atoms with E-state index in [4.69, 9.17) is 14.2 Å². The molecule has 0 aliphatic carbocycles. The summed E-state index contributed by atoms with van der Waals surface area (Å²) in [6.45, 7) is 3.40. The largest absolute Gasteiger partial charge is 0.374 e. The molecule has 4 heteroatoms. The van der Waals surface area contributed by atoms with Crippen molar-refractivity contribution in [2.24, 2.45) is 0 Å². The molecule has 3 rings (SSSR count). The Morgan fingerprint density at radius 1 is 0.964 bits per heavy atom. The number of rotatable bonds is 10. The lowest BCUT2D eigenvalue weighted by atomic mass is 9.96. The van der Waals surface area contributed by atoms with Gasteiger partial charge in [0.25, 0.3) is 0 Å². The van der Waals surface area contributed by atoms with Gasteiger partial charge in [0.05, 0.1) is 25.9 Å². The summed E-state index contributed by atoms with van der Waals surface area (Å²) in [5, 5.41) is 0. The molecule has 1 aliphatic rings. The molecule has 0 spiro atoms. The Morgan fingerprint density at radius 2 is 1.61 bits per heavy atom. The third-order valence-electron chi connectivity index (χ3n) is 5.00. The zero-order valence-corrected chi connectivity index (χ0v) is 16.6. The maximum Gasteiger partial charge on any atom is 0.166 e. The number of Topliss-reactive ketones (excluding diaryl/α,β-unsaturated/α-hetero) is 1. The number of ether oxygens (including phenoxy) is 3. The van der Waals surface area contributed by atoms with E-state index in [-0.39, 0.29) is 18.0 Å². The fraction of sp³-hybridized carbons (Fsp3) is 0.458. The van der Waals surface area contributed by atoms with Gasteiger partial charge in [0.1, 0.15) is 12.2 Å². The lowest BCUT2D eigenvalue weighted by molar-refractivity contribution is -0.179. The molecule has 150 valence electrons. The van der Waals surface area contributed by atoms with Crippen molar-refractivity contribution in [3.05, 3.63) is 71.8 Å². The van der Waals surface area contributed by atoms with E-state index in [1.807, 2.05) is 60.7 Å². The average molecular weight is 383 g/mol. The van der Waals surface area contributed by atoms with Crippen LogP contribution in [-0.4, -0.2) is 30.7 Å². The maximum atomic E-state index is 12.8. The van der Waals surface area contributed by atoms with Gasteiger partial charge in [0.15, 0.2) is 5.78 Å². The third kappa shape index (κ3) is 6.26. The first kappa shape index (κ1) is 20.7. The summed E-state index contributed by atoms with van der Waals surface area (Å²) >= 11 is 0. The Labute approximate surface area is 167 Å². The predicted octanol–water partition coefficient (Wildman–Crippen LogP) is 4.71. The summed E-state index contributed by atoms with van der Waals surface area (Å²) in [6, 6.07) is 19.9. The highest BCUT2D eigenvalue weighted by molar-refractivity contribution is 5.84. The molecule has 28 heavy (non-hydrogen) atoms. The van der Waals surface area contributed by atoms with Crippen LogP contribution in [0.4, 0.5) is 0 Å². The van der Waals surface area contributed by atoms with Gasteiger partial charge in [-0.1, -0.05) is 80.4 Å². The van der Waals surface area contributed by atoms with Crippen molar-refractivity contribution in [1.29, 1.82) is 0 Å². The lowest BCUT2D eigenvalue weighted by Gasteiger charge is -2.35. The number of unbranched alkanes of at least 4 members (excludes halogenated alkanes) is 1. The summed E-state index contributed by atoms with van der Waals surface area (Å²) in [4.78, 5) is 12.8. The van der Waals surface area contributed by atoms with E-state index in [0.717, 1.165) is 30.4 Å². The van der Waals surface area contributed by atoms with Crippen LogP contribution in [0.1, 0.15) is 43.7 Å². The second-order valence-electron chi connectivity index (χ2n) is 7.33. The number of carbonyl (C=O) groups is 1. The topological polar surface area (TPSA) is 44.8 Å². The van der Waals surface area contributed by atoms with Gasteiger partial charge < -0.3 is 14.2 Å². The lowest BCUT2D eigenvalue weighted by Crippen LogP contribution is -2.49.